The van der Waals surface area contributed by atoms with Gasteiger partial charge in [0.25, 0.3) is 0 Å². The molecule has 0 aromatic heterocycles. The van der Waals surface area contributed by atoms with E-state index in [4.69, 9.17) is 18.9 Å². The van der Waals surface area contributed by atoms with Crippen molar-refractivity contribution >= 4 is 17.9 Å². The molecule has 0 aromatic rings. The highest BCUT2D eigenvalue weighted by atomic mass is 16.5. The van der Waals surface area contributed by atoms with Crippen LogP contribution in [0.25, 0.3) is 0 Å². The Hall–Kier alpha value is -1.71. The van der Waals surface area contributed by atoms with Crippen molar-refractivity contribution in [1.29, 1.82) is 0 Å². The fourth-order valence-corrected chi connectivity index (χ4v) is 9.88. The number of likely N-dealkylation sites (tertiary alicyclic amines) is 1. The third kappa shape index (κ3) is 32.7. The quantitative estimate of drug-likeness (QED) is 0.0336. The molecular formula is C58H112N2O7. The summed E-state index contributed by atoms with van der Waals surface area (Å²) in [6.07, 6.45) is 36.5. The molecule has 396 valence electrons. The third-order valence-corrected chi connectivity index (χ3v) is 14.6. The van der Waals surface area contributed by atoms with Gasteiger partial charge in [0.2, 0.25) is 0 Å². The maximum atomic E-state index is 13.1. The molecule has 1 fully saturated rings. The molecular weight excluding hydrogens is 837 g/mol. The summed E-state index contributed by atoms with van der Waals surface area (Å²) in [5.41, 5.74) is -0.914. The van der Waals surface area contributed by atoms with Gasteiger partial charge in [-0.2, -0.15) is 0 Å². The first-order chi connectivity index (χ1) is 32.2. The van der Waals surface area contributed by atoms with E-state index >= 15 is 0 Å². The summed E-state index contributed by atoms with van der Waals surface area (Å²) in [4.78, 5) is 43.2. The molecule has 0 bridgehead atoms. The zero-order valence-corrected chi connectivity index (χ0v) is 46.1. The van der Waals surface area contributed by atoms with Gasteiger partial charge in [0.1, 0.15) is 6.10 Å². The second kappa shape index (κ2) is 39.9. The largest absolute Gasteiger partial charge is 0.465 e. The van der Waals surface area contributed by atoms with Gasteiger partial charge >= 0.3 is 17.9 Å². The zero-order valence-electron chi connectivity index (χ0n) is 46.1. The number of hydrogen-bond donors (Lipinski definition) is 0. The SMILES string of the molecule is CCCCCC(CCCCC)CCCOC(=O)C(C)(C)CCCCCCOCC1CC(OC(=O)CCN(C)C)CN1CCCCCCC(C)(C)C(=O)OCCCC(CCCCC)CCCCC. The lowest BCUT2D eigenvalue weighted by Crippen LogP contribution is -2.34. The van der Waals surface area contributed by atoms with Crippen LogP contribution in [0.3, 0.4) is 0 Å². The van der Waals surface area contributed by atoms with Gasteiger partial charge in [0.15, 0.2) is 0 Å². The summed E-state index contributed by atoms with van der Waals surface area (Å²) >= 11 is 0. The molecule has 67 heavy (non-hydrogen) atoms. The normalized spacial score (nSPS) is 15.9. The smallest absolute Gasteiger partial charge is 0.311 e. The van der Waals surface area contributed by atoms with E-state index in [1.54, 1.807) is 0 Å². The summed E-state index contributed by atoms with van der Waals surface area (Å²) in [5.74, 6) is 1.33. The maximum Gasteiger partial charge on any atom is 0.311 e. The first-order valence-electron chi connectivity index (χ1n) is 28.7. The molecule has 0 spiro atoms. The molecule has 1 aliphatic heterocycles. The van der Waals surface area contributed by atoms with E-state index in [2.05, 4.69) is 32.6 Å². The van der Waals surface area contributed by atoms with Crippen molar-refractivity contribution in [2.75, 3.05) is 60.2 Å². The molecule has 2 atom stereocenters. The lowest BCUT2D eigenvalue weighted by atomic mass is 9.87. The fourth-order valence-electron chi connectivity index (χ4n) is 9.88. The van der Waals surface area contributed by atoms with E-state index in [1.807, 2.05) is 46.7 Å². The van der Waals surface area contributed by atoms with E-state index in [0.29, 0.717) is 32.8 Å². The van der Waals surface area contributed by atoms with Crippen LogP contribution < -0.4 is 0 Å². The monoisotopic (exact) mass is 949 g/mol. The topological polar surface area (TPSA) is 94.6 Å². The minimum absolute atomic E-state index is 0.0480. The van der Waals surface area contributed by atoms with Crippen molar-refractivity contribution in [2.45, 2.75) is 273 Å². The van der Waals surface area contributed by atoms with Crippen LogP contribution in [-0.2, 0) is 33.3 Å². The summed E-state index contributed by atoms with van der Waals surface area (Å²) in [6, 6.07) is 0.239. The molecule has 0 N–H and O–H groups in total. The van der Waals surface area contributed by atoms with Crippen molar-refractivity contribution in [3.63, 3.8) is 0 Å². The second-order valence-electron chi connectivity index (χ2n) is 22.5. The Balaban J connectivity index is 2.44. The Kier molecular flexibility index (Phi) is 37.7. The van der Waals surface area contributed by atoms with Gasteiger partial charge in [0.05, 0.1) is 37.1 Å². The highest BCUT2D eigenvalue weighted by Gasteiger charge is 2.34. The highest BCUT2D eigenvalue weighted by molar-refractivity contribution is 5.76. The third-order valence-electron chi connectivity index (χ3n) is 14.6. The predicted octanol–water partition coefficient (Wildman–Crippen LogP) is 15.1. The average molecular weight is 950 g/mol. The summed E-state index contributed by atoms with van der Waals surface area (Å²) in [7, 11) is 3.96. The first kappa shape index (κ1) is 63.3. The molecule has 9 heteroatoms. The molecule has 2 unspecified atom stereocenters. The molecule has 0 amide bonds. The van der Waals surface area contributed by atoms with Crippen LogP contribution in [0.4, 0.5) is 0 Å². The average Bonchev–Trinajstić information content (AvgIpc) is 3.67. The van der Waals surface area contributed by atoms with Crippen molar-refractivity contribution < 1.29 is 33.3 Å². The fraction of sp³-hybridized carbons (Fsp3) is 0.948. The van der Waals surface area contributed by atoms with Gasteiger partial charge in [-0.05, 0) is 112 Å². The molecule has 9 nitrogen and oxygen atoms in total. The van der Waals surface area contributed by atoms with E-state index in [0.717, 1.165) is 115 Å². The minimum Gasteiger partial charge on any atom is -0.465 e. The molecule has 0 radical (unpaired) electrons. The Labute approximate surface area is 415 Å². The molecule has 0 aliphatic carbocycles. The van der Waals surface area contributed by atoms with Gasteiger partial charge in [-0.3, -0.25) is 19.3 Å². The number of carbonyl (C=O) groups excluding carboxylic acids is 3. The summed E-state index contributed by atoms with van der Waals surface area (Å²) in [6.45, 7) is 22.1. The number of carbonyl (C=O) groups is 3. The molecule has 0 saturated carbocycles. The lowest BCUT2D eigenvalue weighted by Gasteiger charge is -2.24. The number of rotatable bonds is 46. The van der Waals surface area contributed by atoms with Crippen LogP contribution in [0.5, 0.6) is 0 Å². The van der Waals surface area contributed by atoms with Crippen LogP contribution in [0, 0.1) is 22.7 Å². The van der Waals surface area contributed by atoms with E-state index in [1.165, 1.54) is 116 Å². The Morgan fingerprint density at radius 2 is 0.985 bits per heavy atom. The number of ether oxygens (including phenoxy) is 4. The summed E-state index contributed by atoms with van der Waals surface area (Å²) < 4.78 is 23.9. The molecule has 1 heterocycles. The molecule has 0 aromatic carbocycles. The Bertz CT molecular complexity index is 1190. The molecule has 1 aliphatic rings. The molecule has 1 saturated heterocycles. The number of unbranched alkanes of at least 4 members (excludes halogenated alkanes) is 14. The van der Waals surface area contributed by atoms with Crippen molar-refractivity contribution in [1.82, 2.24) is 9.80 Å². The van der Waals surface area contributed by atoms with Gasteiger partial charge in [0, 0.05) is 32.2 Å². The van der Waals surface area contributed by atoms with Gasteiger partial charge in [-0.15, -0.1) is 0 Å². The van der Waals surface area contributed by atoms with Crippen LogP contribution in [0.1, 0.15) is 261 Å². The van der Waals surface area contributed by atoms with Gasteiger partial charge in [-0.1, -0.05) is 169 Å². The minimum atomic E-state index is -0.461. The number of esters is 3. The lowest BCUT2D eigenvalue weighted by molar-refractivity contribution is -0.155. The van der Waals surface area contributed by atoms with Crippen molar-refractivity contribution in [2.24, 2.45) is 22.7 Å². The van der Waals surface area contributed by atoms with Crippen molar-refractivity contribution in [3.05, 3.63) is 0 Å². The van der Waals surface area contributed by atoms with E-state index in [-0.39, 0.29) is 30.1 Å². The van der Waals surface area contributed by atoms with Gasteiger partial charge < -0.3 is 23.8 Å². The van der Waals surface area contributed by atoms with Crippen LogP contribution in [0.15, 0.2) is 0 Å². The maximum absolute atomic E-state index is 13.1. The standard InChI is InChI=1S/C58H112N2O7/c1-11-15-23-33-50(34-24-16-12-2)37-31-45-65-55(62)57(5,6)40-27-19-21-29-42-60-48-53(67-54(61)39-43-59(9)10)47-52(60)49-64-44-30-22-20-28-41-58(7,8)56(63)66-46-32-38-51(35-25-17-13-3)36-26-18-14-4/h50-53H,11-49H2,1-10H3. The van der Waals surface area contributed by atoms with Crippen molar-refractivity contribution in [3.8, 4) is 0 Å². The molecule has 1 rings (SSSR count). The van der Waals surface area contributed by atoms with Gasteiger partial charge in [-0.25, -0.2) is 0 Å². The second-order valence-corrected chi connectivity index (χ2v) is 22.5. The first-order valence-corrected chi connectivity index (χ1v) is 28.7. The highest BCUT2D eigenvalue weighted by Crippen LogP contribution is 2.30. The predicted molar refractivity (Wildman–Crippen MR) is 282 cm³/mol. The van der Waals surface area contributed by atoms with Crippen LogP contribution in [-0.4, -0.2) is 100 Å². The zero-order chi connectivity index (χ0) is 49.6. The van der Waals surface area contributed by atoms with E-state index < -0.39 is 10.8 Å². The Morgan fingerprint density at radius 1 is 0.552 bits per heavy atom. The van der Waals surface area contributed by atoms with E-state index in [9.17, 15) is 14.4 Å². The number of hydrogen-bond acceptors (Lipinski definition) is 9. The summed E-state index contributed by atoms with van der Waals surface area (Å²) in [5, 5.41) is 0. The number of nitrogens with zero attached hydrogens (tertiary/aromatic N) is 2. The van der Waals surface area contributed by atoms with Crippen LogP contribution in [0.2, 0.25) is 0 Å². The van der Waals surface area contributed by atoms with Crippen LogP contribution >= 0.6 is 0 Å². The Morgan fingerprint density at radius 3 is 1.43 bits per heavy atom.